The molecule has 7 heteroatoms. The summed E-state index contributed by atoms with van der Waals surface area (Å²) in [4.78, 5) is 16.6. The number of fused-ring (bicyclic) bond motifs is 1. The zero-order valence-corrected chi connectivity index (χ0v) is 11.0. The van der Waals surface area contributed by atoms with Gasteiger partial charge in [-0.3, -0.25) is 15.1 Å². The number of aromatic nitrogens is 5. The Kier molecular flexibility index (Phi) is 2.86. The quantitative estimate of drug-likeness (QED) is 0.757. The normalized spacial score (nSPS) is 10.7. The van der Waals surface area contributed by atoms with E-state index in [1.54, 1.807) is 19.3 Å². The Morgan fingerprint density at radius 1 is 1.30 bits per heavy atom. The highest BCUT2D eigenvalue weighted by atomic mass is 16.1. The molecule has 1 amide bonds. The number of anilines is 1. The van der Waals surface area contributed by atoms with Crippen LogP contribution in [0.15, 0.2) is 30.5 Å². The van der Waals surface area contributed by atoms with Crippen LogP contribution < -0.4 is 5.32 Å². The first kappa shape index (κ1) is 12.2. The lowest BCUT2D eigenvalue weighted by Crippen LogP contribution is -2.16. The Morgan fingerprint density at radius 2 is 2.15 bits per heavy atom. The van der Waals surface area contributed by atoms with Gasteiger partial charge in [0.15, 0.2) is 0 Å². The van der Waals surface area contributed by atoms with Crippen molar-refractivity contribution in [2.24, 2.45) is 7.05 Å². The average Bonchev–Trinajstić information content (AvgIpc) is 2.85. The summed E-state index contributed by atoms with van der Waals surface area (Å²) >= 11 is 0. The highest BCUT2D eigenvalue weighted by Crippen LogP contribution is 2.20. The minimum absolute atomic E-state index is 0.257. The van der Waals surface area contributed by atoms with Gasteiger partial charge < -0.3 is 0 Å². The number of tetrazole rings is 1. The van der Waals surface area contributed by atoms with Crippen LogP contribution >= 0.6 is 0 Å². The maximum atomic E-state index is 12.3. The fraction of sp³-hybridized carbons (Fsp3) is 0.154. The molecule has 0 saturated heterocycles. The van der Waals surface area contributed by atoms with Crippen LogP contribution in [0.4, 0.5) is 5.95 Å². The summed E-state index contributed by atoms with van der Waals surface area (Å²) in [7, 11) is 1.66. The van der Waals surface area contributed by atoms with Crippen molar-refractivity contribution in [3.8, 4) is 0 Å². The number of hydrogen-bond acceptors (Lipinski definition) is 5. The standard InChI is InChI=1S/C13H12N6O/c1-8-10(6-5-9-4-3-7-14-11(8)9)12(20)15-13-16-17-18-19(13)2/h3-7H,1-2H3,(H,15,16,18,20). The molecule has 0 saturated carbocycles. The molecular weight excluding hydrogens is 256 g/mol. The van der Waals surface area contributed by atoms with Crippen LogP contribution in [0.2, 0.25) is 0 Å². The number of nitrogens with one attached hydrogen (secondary N) is 1. The van der Waals surface area contributed by atoms with E-state index in [0.29, 0.717) is 11.5 Å². The molecule has 7 nitrogen and oxygen atoms in total. The van der Waals surface area contributed by atoms with Gasteiger partial charge >= 0.3 is 0 Å². The summed E-state index contributed by atoms with van der Waals surface area (Å²) in [5.41, 5.74) is 2.20. The molecule has 1 aromatic carbocycles. The van der Waals surface area contributed by atoms with Gasteiger partial charge in [0, 0.05) is 24.2 Å². The van der Waals surface area contributed by atoms with Crippen molar-refractivity contribution < 1.29 is 4.79 Å². The predicted molar refractivity (Wildman–Crippen MR) is 73.2 cm³/mol. The zero-order valence-electron chi connectivity index (χ0n) is 11.0. The number of nitrogens with zero attached hydrogens (tertiary/aromatic N) is 5. The first-order valence-corrected chi connectivity index (χ1v) is 6.05. The van der Waals surface area contributed by atoms with Crippen LogP contribution in [0.1, 0.15) is 15.9 Å². The van der Waals surface area contributed by atoms with E-state index in [9.17, 15) is 4.79 Å². The van der Waals surface area contributed by atoms with Crippen molar-refractivity contribution in [3.05, 3.63) is 41.6 Å². The first-order chi connectivity index (χ1) is 9.66. The minimum atomic E-state index is -0.257. The Balaban J connectivity index is 2.00. The maximum absolute atomic E-state index is 12.3. The summed E-state index contributed by atoms with van der Waals surface area (Å²) in [6.45, 7) is 1.87. The fourth-order valence-corrected chi connectivity index (χ4v) is 2.04. The van der Waals surface area contributed by atoms with Gasteiger partial charge in [0.05, 0.1) is 5.52 Å². The van der Waals surface area contributed by atoms with Crippen LogP contribution in [-0.2, 0) is 7.05 Å². The zero-order chi connectivity index (χ0) is 14.1. The number of carbonyl (C=O) groups excluding carboxylic acids is 1. The Bertz CT molecular complexity index is 794. The minimum Gasteiger partial charge on any atom is -0.289 e. The Morgan fingerprint density at radius 3 is 2.90 bits per heavy atom. The molecule has 1 N–H and O–H groups in total. The first-order valence-electron chi connectivity index (χ1n) is 6.05. The van der Waals surface area contributed by atoms with Crippen molar-refractivity contribution in [1.82, 2.24) is 25.2 Å². The predicted octanol–water partition coefficient (Wildman–Crippen LogP) is 1.32. The molecule has 0 spiro atoms. The van der Waals surface area contributed by atoms with Gasteiger partial charge in [-0.05, 0) is 35.0 Å². The van der Waals surface area contributed by atoms with Gasteiger partial charge in [0.2, 0.25) is 5.95 Å². The summed E-state index contributed by atoms with van der Waals surface area (Å²) < 4.78 is 1.40. The van der Waals surface area contributed by atoms with Gasteiger partial charge in [-0.1, -0.05) is 17.2 Å². The summed E-state index contributed by atoms with van der Waals surface area (Å²) in [6, 6.07) is 7.48. The maximum Gasteiger partial charge on any atom is 0.258 e. The molecule has 0 aliphatic heterocycles. The molecular formula is C13H12N6O. The van der Waals surface area contributed by atoms with Crippen molar-refractivity contribution in [1.29, 1.82) is 0 Å². The van der Waals surface area contributed by atoms with Gasteiger partial charge in [-0.15, -0.1) is 0 Å². The van der Waals surface area contributed by atoms with Crippen molar-refractivity contribution in [2.45, 2.75) is 6.92 Å². The molecule has 3 aromatic rings. The molecule has 0 aliphatic rings. The van der Waals surface area contributed by atoms with E-state index < -0.39 is 0 Å². The number of pyridine rings is 1. The SMILES string of the molecule is Cc1c(C(=O)Nc2nnnn2C)ccc2cccnc12. The van der Waals surface area contributed by atoms with Crippen LogP contribution in [-0.4, -0.2) is 31.1 Å². The summed E-state index contributed by atoms with van der Waals surface area (Å²) in [5, 5.41) is 14.5. The number of carbonyl (C=O) groups is 1. The van der Waals surface area contributed by atoms with E-state index in [1.165, 1.54) is 4.68 Å². The largest absolute Gasteiger partial charge is 0.289 e. The smallest absolute Gasteiger partial charge is 0.258 e. The van der Waals surface area contributed by atoms with Crippen LogP contribution in [0.3, 0.4) is 0 Å². The summed E-state index contributed by atoms with van der Waals surface area (Å²) in [6.07, 6.45) is 1.71. The molecule has 100 valence electrons. The third kappa shape index (κ3) is 1.99. The van der Waals surface area contributed by atoms with E-state index in [2.05, 4.69) is 25.8 Å². The molecule has 20 heavy (non-hydrogen) atoms. The van der Waals surface area contributed by atoms with Gasteiger partial charge in [-0.25, -0.2) is 4.68 Å². The highest BCUT2D eigenvalue weighted by molar-refractivity contribution is 6.07. The molecule has 0 unspecified atom stereocenters. The van der Waals surface area contributed by atoms with Crippen molar-refractivity contribution in [3.63, 3.8) is 0 Å². The third-order valence-corrected chi connectivity index (χ3v) is 3.12. The number of aryl methyl sites for hydroxylation is 2. The second kappa shape index (κ2) is 4.69. The van der Waals surface area contributed by atoms with Crippen molar-refractivity contribution >= 4 is 22.8 Å². The Labute approximate surface area is 114 Å². The number of hydrogen-bond donors (Lipinski definition) is 1. The molecule has 0 fully saturated rings. The molecule has 0 radical (unpaired) electrons. The average molecular weight is 268 g/mol. The number of rotatable bonds is 2. The second-order valence-electron chi connectivity index (χ2n) is 4.39. The van der Waals surface area contributed by atoms with E-state index in [0.717, 1.165) is 16.5 Å². The number of benzene rings is 1. The molecule has 0 bridgehead atoms. The molecule has 3 rings (SSSR count). The highest BCUT2D eigenvalue weighted by Gasteiger charge is 2.14. The van der Waals surface area contributed by atoms with Crippen LogP contribution in [0.25, 0.3) is 10.9 Å². The lowest BCUT2D eigenvalue weighted by atomic mass is 10.0. The van der Waals surface area contributed by atoms with Crippen LogP contribution in [0, 0.1) is 6.92 Å². The molecule has 0 aliphatic carbocycles. The topological polar surface area (TPSA) is 85.6 Å². The van der Waals surface area contributed by atoms with Gasteiger partial charge in [-0.2, -0.15) is 0 Å². The lowest BCUT2D eigenvalue weighted by molar-refractivity contribution is 0.102. The van der Waals surface area contributed by atoms with E-state index in [1.807, 2.05) is 25.1 Å². The van der Waals surface area contributed by atoms with E-state index >= 15 is 0 Å². The summed E-state index contributed by atoms with van der Waals surface area (Å²) in [5.74, 6) is 0.0449. The fourth-order valence-electron chi connectivity index (χ4n) is 2.04. The van der Waals surface area contributed by atoms with E-state index in [-0.39, 0.29) is 5.91 Å². The molecule has 0 atom stereocenters. The lowest BCUT2D eigenvalue weighted by Gasteiger charge is -2.08. The van der Waals surface area contributed by atoms with Gasteiger partial charge in [0.1, 0.15) is 0 Å². The number of amides is 1. The van der Waals surface area contributed by atoms with E-state index in [4.69, 9.17) is 0 Å². The third-order valence-electron chi connectivity index (χ3n) is 3.12. The van der Waals surface area contributed by atoms with Gasteiger partial charge in [0.25, 0.3) is 5.91 Å². The molecule has 2 heterocycles. The Hall–Kier alpha value is -2.83. The van der Waals surface area contributed by atoms with Crippen LogP contribution in [0.5, 0.6) is 0 Å². The monoisotopic (exact) mass is 268 g/mol. The van der Waals surface area contributed by atoms with Crippen molar-refractivity contribution in [2.75, 3.05) is 5.32 Å². The second-order valence-corrected chi connectivity index (χ2v) is 4.39. The molecule has 2 aromatic heterocycles.